The summed E-state index contributed by atoms with van der Waals surface area (Å²) in [4.78, 5) is 34.3. The molecule has 0 fully saturated rings. The van der Waals surface area contributed by atoms with Crippen LogP contribution in [0.3, 0.4) is 0 Å². The lowest BCUT2D eigenvalue weighted by Crippen LogP contribution is -2.39. The Morgan fingerprint density at radius 1 is 0.929 bits per heavy atom. The number of allylic oxidation sites excluding steroid dienone is 2. The molecule has 6 rings (SSSR count). The molecule has 11 nitrogen and oxygen atoms in total. The zero-order valence-electron chi connectivity index (χ0n) is 22.1. The lowest BCUT2D eigenvalue weighted by atomic mass is 9.85. The first-order valence-electron chi connectivity index (χ1n) is 12.7. The molecule has 1 atom stereocenters. The summed E-state index contributed by atoms with van der Waals surface area (Å²) in [5.41, 5.74) is 1.50. The van der Waals surface area contributed by atoms with E-state index in [1.165, 1.54) is 43.3 Å². The van der Waals surface area contributed by atoms with Gasteiger partial charge in [-0.3, -0.25) is 9.59 Å². The quantitative estimate of drug-likeness (QED) is 0.154. The van der Waals surface area contributed by atoms with E-state index in [4.69, 9.17) is 9.47 Å². The third kappa shape index (κ3) is 5.28. The number of carbonyl (C=O) groups excluding carboxylic acids is 3. The Labute approximate surface area is 238 Å². The largest absolute Gasteiger partial charge is 0.507 e. The van der Waals surface area contributed by atoms with E-state index in [-0.39, 0.29) is 47.5 Å². The number of esters is 1. The van der Waals surface area contributed by atoms with E-state index in [0.717, 1.165) is 0 Å². The number of anilines is 1. The summed E-state index contributed by atoms with van der Waals surface area (Å²) in [6, 6.07) is 15.3. The summed E-state index contributed by atoms with van der Waals surface area (Å²) < 4.78 is 10.5. The van der Waals surface area contributed by atoms with Gasteiger partial charge in [-0.15, -0.1) is 0 Å². The number of rotatable bonds is 3. The number of amides is 1. The number of aromatic hydroxyl groups is 3. The number of nitrogens with one attached hydrogen (secondary N) is 1. The van der Waals surface area contributed by atoms with E-state index in [9.17, 15) is 39.9 Å². The molecule has 1 heterocycles. The maximum absolute atomic E-state index is 11.8. The third-order valence-corrected chi connectivity index (χ3v) is 6.75. The van der Waals surface area contributed by atoms with Gasteiger partial charge >= 0.3 is 5.97 Å². The Kier molecular flexibility index (Phi) is 7.19. The van der Waals surface area contributed by atoms with Crippen molar-refractivity contribution in [1.29, 1.82) is 0 Å². The predicted octanol–water partition coefficient (Wildman–Crippen LogP) is 3.65. The number of para-hydroxylation sites is 1. The Hall–Kier alpha value is -5.55. The highest BCUT2D eigenvalue weighted by Gasteiger charge is 2.47. The van der Waals surface area contributed by atoms with Crippen LogP contribution in [0.4, 0.5) is 5.69 Å². The molecule has 1 amide bonds. The minimum atomic E-state index is -1.33. The standard InChI is InChI=1S/C16H12O6.C15H13NO4/c17-10-2-1-8-13-9-4-12(19)11(18)3-7(9)5-16(13,21)6-22-15(8)14(10)20;1-10(17)16-11-6-8-12(9-7-11)20-15(19)13-4-2-3-5-14(13)18/h1-4,18-21H,5-6H2;2-9,18H,1H3,(H,16,17). The van der Waals surface area contributed by atoms with Crippen molar-refractivity contribution in [3.05, 3.63) is 107 Å². The van der Waals surface area contributed by atoms with Gasteiger partial charge in [0.05, 0.1) is 0 Å². The van der Waals surface area contributed by atoms with Crippen molar-refractivity contribution in [2.24, 2.45) is 0 Å². The number of aliphatic hydroxyl groups excluding tert-OH is 1. The fraction of sp³-hybridized carbons (Fsp3) is 0.129. The summed E-state index contributed by atoms with van der Waals surface area (Å²) in [5.74, 6) is -2.21. The first kappa shape index (κ1) is 28.0. The number of hydrogen-bond donors (Lipinski definition) is 6. The van der Waals surface area contributed by atoms with Crippen LogP contribution in [0.25, 0.3) is 5.57 Å². The molecule has 214 valence electrons. The van der Waals surface area contributed by atoms with Crippen molar-refractivity contribution in [2.45, 2.75) is 18.9 Å². The lowest BCUT2D eigenvalue weighted by molar-refractivity contribution is -0.115. The van der Waals surface area contributed by atoms with Gasteiger partial charge < -0.3 is 40.3 Å². The van der Waals surface area contributed by atoms with Crippen LogP contribution in [-0.4, -0.2) is 55.4 Å². The molecule has 0 bridgehead atoms. The van der Waals surface area contributed by atoms with Gasteiger partial charge in [0, 0.05) is 30.2 Å². The highest BCUT2D eigenvalue weighted by molar-refractivity contribution is 6.06. The maximum Gasteiger partial charge on any atom is 0.347 e. The monoisotopic (exact) mass is 571 g/mol. The van der Waals surface area contributed by atoms with E-state index >= 15 is 0 Å². The number of fused-ring (bicyclic) bond motifs is 4. The summed E-state index contributed by atoms with van der Waals surface area (Å²) in [6.07, 6.45) is 2.90. The van der Waals surface area contributed by atoms with Crippen molar-refractivity contribution in [3.63, 3.8) is 0 Å². The van der Waals surface area contributed by atoms with Crippen molar-refractivity contribution in [2.75, 3.05) is 11.9 Å². The van der Waals surface area contributed by atoms with Gasteiger partial charge in [-0.25, -0.2) is 4.79 Å². The van der Waals surface area contributed by atoms with Crippen LogP contribution >= 0.6 is 0 Å². The highest BCUT2D eigenvalue weighted by Crippen LogP contribution is 2.50. The molecule has 0 aromatic heterocycles. The average molecular weight is 572 g/mol. The van der Waals surface area contributed by atoms with Crippen LogP contribution in [0.1, 0.15) is 28.4 Å². The molecule has 0 spiro atoms. The minimum Gasteiger partial charge on any atom is -0.507 e. The number of hydrogen-bond acceptors (Lipinski definition) is 10. The lowest BCUT2D eigenvalue weighted by Gasteiger charge is -2.33. The molecule has 42 heavy (non-hydrogen) atoms. The average Bonchev–Trinajstić information content (AvgIpc) is 3.23. The van der Waals surface area contributed by atoms with Crippen molar-refractivity contribution < 1.29 is 49.4 Å². The third-order valence-electron chi connectivity index (χ3n) is 6.75. The number of aliphatic hydroxyl groups is 2. The van der Waals surface area contributed by atoms with Gasteiger partial charge in [-0.2, -0.15) is 0 Å². The fourth-order valence-corrected chi connectivity index (χ4v) is 4.88. The van der Waals surface area contributed by atoms with Gasteiger partial charge in [0.25, 0.3) is 0 Å². The first-order valence-corrected chi connectivity index (χ1v) is 12.7. The Morgan fingerprint density at radius 2 is 1.62 bits per heavy atom. The molecule has 3 aromatic rings. The van der Waals surface area contributed by atoms with Crippen LogP contribution in [0.15, 0.2) is 89.9 Å². The number of ketones is 1. The van der Waals surface area contributed by atoms with Gasteiger partial charge in [0.2, 0.25) is 17.4 Å². The van der Waals surface area contributed by atoms with E-state index in [0.29, 0.717) is 33.7 Å². The summed E-state index contributed by atoms with van der Waals surface area (Å²) in [6.45, 7) is 1.29. The molecule has 2 aliphatic carbocycles. The van der Waals surface area contributed by atoms with Crippen LogP contribution in [0.2, 0.25) is 0 Å². The predicted molar refractivity (Wildman–Crippen MR) is 149 cm³/mol. The summed E-state index contributed by atoms with van der Waals surface area (Å²) in [5, 5.41) is 52.2. The second-order valence-electron chi connectivity index (χ2n) is 9.77. The molecular weight excluding hydrogens is 546 g/mol. The van der Waals surface area contributed by atoms with Crippen molar-refractivity contribution in [1.82, 2.24) is 0 Å². The molecule has 3 aromatic carbocycles. The van der Waals surface area contributed by atoms with Crippen LogP contribution in [-0.2, 0) is 20.7 Å². The van der Waals surface area contributed by atoms with Gasteiger partial charge in [-0.1, -0.05) is 12.1 Å². The molecule has 6 N–H and O–H groups in total. The Morgan fingerprint density at radius 3 is 2.31 bits per heavy atom. The molecular formula is C31H25NO10. The molecule has 3 aliphatic rings. The molecule has 0 saturated heterocycles. The van der Waals surface area contributed by atoms with E-state index in [1.807, 2.05) is 0 Å². The second-order valence-corrected chi connectivity index (χ2v) is 9.77. The molecule has 1 aliphatic heterocycles. The van der Waals surface area contributed by atoms with E-state index in [2.05, 4.69) is 5.32 Å². The normalized spacial score (nSPS) is 18.2. The SMILES string of the molecule is CC(=O)Nc1ccc(OC(=O)c2ccccc2O)cc1.O=C1C=CC2=C3c4cc(O)c(O)cc4CC3(O)COC2=C1O. The number of phenolic OH excluding ortho intramolecular Hbond substituents is 3. The van der Waals surface area contributed by atoms with Crippen molar-refractivity contribution >= 4 is 28.9 Å². The molecule has 0 radical (unpaired) electrons. The molecule has 0 saturated carbocycles. The Balaban J connectivity index is 0.000000169. The maximum atomic E-state index is 11.8. The second kappa shape index (κ2) is 10.8. The van der Waals surface area contributed by atoms with Crippen LogP contribution in [0, 0.1) is 0 Å². The molecule has 11 heteroatoms. The molecule has 1 unspecified atom stereocenters. The zero-order chi connectivity index (χ0) is 30.2. The number of carbonyl (C=O) groups is 3. The van der Waals surface area contributed by atoms with Gasteiger partial charge in [0.15, 0.2) is 17.3 Å². The zero-order valence-corrected chi connectivity index (χ0v) is 22.1. The minimum absolute atomic E-state index is 0.0348. The van der Waals surface area contributed by atoms with Gasteiger partial charge in [0.1, 0.15) is 29.3 Å². The van der Waals surface area contributed by atoms with Crippen LogP contribution in [0.5, 0.6) is 23.0 Å². The first-order chi connectivity index (χ1) is 20.0. The Bertz CT molecular complexity index is 1720. The highest BCUT2D eigenvalue weighted by atomic mass is 16.5. The van der Waals surface area contributed by atoms with E-state index in [1.54, 1.807) is 36.4 Å². The summed E-state index contributed by atoms with van der Waals surface area (Å²) >= 11 is 0. The van der Waals surface area contributed by atoms with E-state index < -0.39 is 23.1 Å². The fourth-order valence-electron chi connectivity index (χ4n) is 4.88. The van der Waals surface area contributed by atoms with Crippen LogP contribution < -0.4 is 10.1 Å². The smallest absolute Gasteiger partial charge is 0.347 e. The van der Waals surface area contributed by atoms with Crippen molar-refractivity contribution in [3.8, 4) is 23.0 Å². The topological polar surface area (TPSA) is 183 Å². The number of ether oxygens (including phenoxy) is 2. The summed E-state index contributed by atoms with van der Waals surface area (Å²) in [7, 11) is 0. The number of benzene rings is 3. The van der Waals surface area contributed by atoms with Gasteiger partial charge in [-0.05, 0) is 71.8 Å². The number of phenols is 3.